The molecule has 0 fully saturated rings. The average molecular weight is 597 g/mol. The summed E-state index contributed by atoms with van der Waals surface area (Å²) in [7, 11) is 0. The van der Waals surface area contributed by atoms with Crippen molar-refractivity contribution in [2.45, 2.75) is 72.6 Å². The number of aromatic nitrogens is 4. The van der Waals surface area contributed by atoms with Crippen molar-refractivity contribution in [3.63, 3.8) is 0 Å². The van der Waals surface area contributed by atoms with Crippen molar-refractivity contribution >= 4 is 57.2 Å². The number of carboxylic acids is 3. The summed E-state index contributed by atoms with van der Waals surface area (Å²) in [5.41, 5.74) is 10.2. The molecule has 10 nitrogen and oxygen atoms in total. The van der Waals surface area contributed by atoms with Crippen molar-refractivity contribution < 1.29 is 29.7 Å². The summed E-state index contributed by atoms with van der Waals surface area (Å²) in [6, 6.07) is 3.85. The summed E-state index contributed by atoms with van der Waals surface area (Å²) in [5.74, 6) is -3.63. The molecule has 3 aromatic heterocycles. The number of carbonyl (C=O) groups is 3. The number of nitrogens with zero attached hydrogens (tertiary/aromatic N) is 2. The number of allylic oxidation sites excluding steroid dienone is 1. The van der Waals surface area contributed by atoms with Crippen LogP contribution in [0.25, 0.3) is 39.3 Å². The highest BCUT2D eigenvalue weighted by molar-refractivity contribution is 6.24. The maximum Gasteiger partial charge on any atom is 0.338 e. The van der Waals surface area contributed by atoms with E-state index >= 15 is 0 Å². The van der Waals surface area contributed by atoms with Crippen molar-refractivity contribution in [1.29, 1.82) is 0 Å². The summed E-state index contributed by atoms with van der Waals surface area (Å²) >= 11 is 0. The molecule has 10 heteroatoms. The lowest BCUT2D eigenvalue weighted by molar-refractivity contribution is -0.137. The number of fused-ring (bicyclic) bond motifs is 8. The molecule has 0 unspecified atom stereocenters. The minimum Gasteiger partial charge on any atom is -0.481 e. The van der Waals surface area contributed by atoms with Gasteiger partial charge in [0.1, 0.15) is 0 Å². The second-order valence-electron chi connectivity index (χ2n) is 11.5. The molecule has 0 radical (unpaired) electrons. The maximum atomic E-state index is 12.6. The zero-order valence-electron chi connectivity index (χ0n) is 25.5. The fourth-order valence-corrected chi connectivity index (χ4v) is 6.59. The Morgan fingerprint density at radius 3 is 2.27 bits per heavy atom. The van der Waals surface area contributed by atoms with Gasteiger partial charge in [0, 0.05) is 56.9 Å². The van der Waals surface area contributed by atoms with Gasteiger partial charge >= 0.3 is 17.9 Å². The predicted molar refractivity (Wildman–Crippen MR) is 169 cm³/mol. The molecule has 5 heterocycles. The Bertz CT molecular complexity index is 1960. The summed E-state index contributed by atoms with van der Waals surface area (Å²) in [6.45, 7) is 13.7. The molecule has 1 atom stereocenters. The normalized spacial score (nSPS) is 14.6. The zero-order chi connectivity index (χ0) is 32.0. The van der Waals surface area contributed by atoms with Gasteiger partial charge in [-0.2, -0.15) is 0 Å². The van der Waals surface area contributed by atoms with Crippen LogP contribution in [0.4, 0.5) is 0 Å². The van der Waals surface area contributed by atoms with E-state index in [1.165, 1.54) is 0 Å². The van der Waals surface area contributed by atoms with Crippen LogP contribution in [0, 0.1) is 20.8 Å². The smallest absolute Gasteiger partial charge is 0.338 e. The minimum atomic E-state index is -1.21. The van der Waals surface area contributed by atoms with Crippen molar-refractivity contribution in [2.75, 3.05) is 0 Å². The van der Waals surface area contributed by atoms with Crippen molar-refractivity contribution in [3.05, 3.63) is 74.9 Å². The molecule has 0 aromatic carbocycles. The Morgan fingerprint density at radius 2 is 1.66 bits per heavy atom. The third-order valence-electron chi connectivity index (χ3n) is 8.86. The molecule has 5 N–H and O–H groups in total. The number of aromatic amines is 2. The average Bonchev–Trinajstić information content (AvgIpc) is 3.68. The van der Waals surface area contributed by atoms with Crippen LogP contribution in [0.5, 0.6) is 0 Å². The number of carboxylic acid groups (broad SMARTS) is 3. The highest BCUT2D eigenvalue weighted by atomic mass is 16.4. The predicted octanol–water partition coefficient (Wildman–Crippen LogP) is 6.28. The van der Waals surface area contributed by atoms with Crippen molar-refractivity contribution in [1.82, 2.24) is 19.9 Å². The van der Waals surface area contributed by atoms with E-state index in [0.29, 0.717) is 22.7 Å². The second-order valence-corrected chi connectivity index (χ2v) is 11.5. The first-order valence-electron chi connectivity index (χ1n) is 14.6. The highest BCUT2D eigenvalue weighted by Crippen LogP contribution is 2.38. The molecule has 0 saturated carbocycles. The molecule has 0 aliphatic carbocycles. The van der Waals surface area contributed by atoms with E-state index in [1.807, 2.05) is 32.9 Å². The quantitative estimate of drug-likeness (QED) is 0.202. The third-order valence-corrected chi connectivity index (χ3v) is 8.86. The SMILES string of the molecule is C=Cc1c(C)c2[nH]c1cc1[nH]c(cc3nc(c(CC(=O)O)c4nc(c2C)[C@H](CCC(=O)O)C4)C(C(=O)O)=C3C)c(CC)c1C. The second kappa shape index (κ2) is 11.6. The number of nitrogens with one attached hydrogen (secondary N) is 2. The first-order valence-corrected chi connectivity index (χ1v) is 14.6. The van der Waals surface area contributed by atoms with E-state index in [4.69, 9.17) is 9.97 Å². The number of aliphatic carboxylic acids is 3. The summed E-state index contributed by atoms with van der Waals surface area (Å²) in [4.78, 5) is 53.1. The number of rotatable bonds is 8. The van der Waals surface area contributed by atoms with Crippen LogP contribution in [0.3, 0.4) is 0 Å². The Labute approximate surface area is 254 Å². The Kier molecular flexibility index (Phi) is 8.03. The molecular formula is C34H36N4O6. The van der Waals surface area contributed by atoms with Gasteiger partial charge < -0.3 is 25.3 Å². The Balaban J connectivity index is 2.04. The van der Waals surface area contributed by atoms with Crippen LogP contribution in [0.15, 0.2) is 18.7 Å². The Hall–Kier alpha value is -4.99. The van der Waals surface area contributed by atoms with Crippen molar-refractivity contribution in [3.8, 4) is 0 Å². The van der Waals surface area contributed by atoms with Gasteiger partial charge in [-0.15, -0.1) is 0 Å². The van der Waals surface area contributed by atoms with Gasteiger partial charge in [0.2, 0.25) is 0 Å². The highest BCUT2D eigenvalue weighted by Gasteiger charge is 2.32. The first kappa shape index (κ1) is 30.5. The lowest BCUT2D eigenvalue weighted by atomic mass is 9.91. The summed E-state index contributed by atoms with van der Waals surface area (Å²) < 4.78 is 0. The molecule has 44 heavy (non-hydrogen) atoms. The monoisotopic (exact) mass is 596 g/mol. The van der Waals surface area contributed by atoms with Gasteiger partial charge in [0.25, 0.3) is 0 Å². The summed E-state index contributed by atoms with van der Waals surface area (Å²) in [5, 5.41) is 29.7. The molecule has 0 saturated heterocycles. The van der Waals surface area contributed by atoms with Crippen LogP contribution in [-0.4, -0.2) is 53.2 Å². The maximum absolute atomic E-state index is 12.6. The van der Waals surface area contributed by atoms with Gasteiger partial charge in [-0.25, -0.2) is 9.78 Å². The topological polar surface area (TPSA) is 169 Å². The van der Waals surface area contributed by atoms with E-state index in [2.05, 4.69) is 23.5 Å². The first-order chi connectivity index (χ1) is 20.9. The van der Waals surface area contributed by atoms with E-state index in [9.17, 15) is 29.7 Å². The van der Waals surface area contributed by atoms with Crippen molar-refractivity contribution in [2.24, 2.45) is 0 Å². The molecule has 0 spiro atoms. The number of hydrogen-bond donors (Lipinski definition) is 5. The fraction of sp³-hybridized carbons (Fsp3) is 0.324. The summed E-state index contributed by atoms with van der Waals surface area (Å²) in [6.07, 6.45) is 2.48. The molecule has 0 amide bonds. The van der Waals surface area contributed by atoms with Crippen LogP contribution < -0.4 is 0 Å². The standard InChI is InChI=1S/C34H36N4O6/c1-7-20-15(3)23-13-27-21(8-2)16(4)31(37-27)18(6)32-19(9-10-28(39)40)11-25(38-32)22(12-29(41)42)33-30(34(43)44)17(5)24(36-33)14-26(20)35-23/h8,13-14,19,35,37H,2,7,9-12H2,1,3-6H3,(H,39,40)(H,41,42)(H,43,44)/t19-/m1/s1. The van der Waals surface area contributed by atoms with Gasteiger partial charge in [0.15, 0.2) is 0 Å². The van der Waals surface area contributed by atoms with Crippen LogP contribution in [0.2, 0.25) is 0 Å². The van der Waals surface area contributed by atoms with Gasteiger partial charge in [-0.05, 0) is 86.9 Å². The molecular weight excluding hydrogens is 560 g/mol. The van der Waals surface area contributed by atoms with E-state index in [1.54, 1.807) is 13.0 Å². The molecule has 8 bridgehead atoms. The molecule has 3 aromatic rings. The van der Waals surface area contributed by atoms with Crippen LogP contribution in [-0.2, 0) is 33.6 Å². The van der Waals surface area contributed by atoms with E-state index in [-0.39, 0.29) is 42.0 Å². The lowest BCUT2D eigenvalue weighted by Crippen LogP contribution is -2.10. The number of hydrogen-bond acceptors (Lipinski definition) is 5. The van der Waals surface area contributed by atoms with E-state index < -0.39 is 24.3 Å². The molecule has 228 valence electrons. The third kappa shape index (κ3) is 5.21. The van der Waals surface area contributed by atoms with Crippen LogP contribution in [0.1, 0.15) is 88.8 Å². The van der Waals surface area contributed by atoms with Gasteiger partial charge in [-0.3, -0.25) is 14.6 Å². The van der Waals surface area contributed by atoms with Crippen LogP contribution >= 0.6 is 0 Å². The lowest BCUT2D eigenvalue weighted by Gasteiger charge is -2.11. The van der Waals surface area contributed by atoms with E-state index in [0.717, 1.165) is 56.3 Å². The number of aryl methyl sites for hydroxylation is 4. The zero-order valence-corrected chi connectivity index (χ0v) is 25.5. The number of H-pyrrole nitrogens is 2. The molecule has 5 rings (SSSR count). The minimum absolute atomic E-state index is 0.0658. The van der Waals surface area contributed by atoms with Gasteiger partial charge in [0.05, 0.1) is 23.4 Å². The molecule has 2 aliphatic heterocycles. The largest absolute Gasteiger partial charge is 0.481 e. The molecule has 2 aliphatic rings. The Morgan fingerprint density at radius 1 is 0.932 bits per heavy atom. The van der Waals surface area contributed by atoms with Gasteiger partial charge in [-0.1, -0.05) is 19.6 Å². The fourth-order valence-electron chi connectivity index (χ4n) is 6.59.